The van der Waals surface area contributed by atoms with Crippen molar-refractivity contribution in [2.24, 2.45) is 5.92 Å². The topological polar surface area (TPSA) is 78.5 Å². The van der Waals surface area contributed by atoms with Crippen molar-refractivity contribution in [2.75, 3.05) is 23.3 Å². The highest BCUT2D eigenvalue weighted by Crippen LogP contribution is 2.28. The molecule has 2 aromatic carbocycles. The number of amides is 3. The number of hydrogen-bond acceptors (Lipinski definition) is 3. The molecule has 1 unspecified atom stereocenters. The van der Waals surface area contributed by atoms with Crippen LogP contribution in [0.15, 0.2) is 42.5 Å². The summed E-state index contributed by atoms with van der Waals surface area (Å²) in [7, 11) is 0. The zero-order chi connectivity index (χ0) is 21.7. The normalized spacial score (nSPS) is 15.9. The summed E-state index contributed by atoms with van der Waals surface area (Å²) in [5.74, 6) is -0.983. The fourth-order valence-electron chi connectivity index (χ4n) is 3.74. The molecule has 0 aliphatic carbocycles. The van der Waals surface area contributed by atoms with Gasteiger partial charge >= 0.3 is 0 Å². The lowest BCUT2D eigenvalue weighted by Gasteiger charge is -2.18. The molecule has 0 aromatic heterocycles. The third-order valence-corrected chi connectivity index (χ3v) is 5.26. The Labute approximate surface area is 177 Å². The quantitative estimate of drug-likeness (QED) is 0.685. The molecule has 1 saturated heterocycles. The van der Waals surface area contributed by atoms with Crippen molar-refractivity contribution in [3.63, 3.8) is 0 Å². The van der Waals surface area contributed by atoms with Gasteiger partial charge in [-0.25, -0.2) is 0 Å². The van der Waals surface area contributed by atoms with E-state index in [1.165, 1.54) is 0 Å². The molecule has 1 aliphatic heterocycles. The van der Waals surface area contributed by atoms with E-state index in [2.05, 4.69) is 23.6 Å². The number of rotatable bonds is 7. The van der Waals surface area contributed by atoms with E-state index >= 15 is 0 Å². The maximum absolute atomic E-state index is 12.9. The van der Waals surface area contributed by atoms with Gasteiger partial charge in [0.15, 0.2) is 0 Å². The summed E-state index contributed by atoms with van der Waals surface area (Å²) in [6.45, 7) is 6.97. The Morgan fingerprint density at radius 2 is 1.80 bits per heavy atom. The van der Waals surface area contributed by atoms with Crippen LogP contribution in [0.1, 0.15) is 47.7 Å². The second-order valence-electron chi connectivity index (χ2n) is 7.90. The minimum absolute atomic E-state index is 0.0641. The SMILES string of the molecule is CCCCNC(=O)c1ccccc1NC(=O)C1CC(=O)N(c2cc(C)cc(C)c2)C1. The number of nitrogens with zero attached hydrogens (tertiary/aromatic N) is 1. The van der Waals surface area contributed by atoms with Crippen LogP contribution >= 0.6 is 0 Å². The Morgan fingerprint density at radius 3 is 2.50 bits per heavy atom. The monoisotopic (exact) mass is 407 g/mol. The number of benzene rings is 2. The summed E-state index contributed by atoms with van der Waals surface area (Å²) in [4.78, 5) is 39.6. The lowest BCUT2D eigenvalue weighted by molar-refractivity contribution is -0.122. The van der Waals surface area contributed by atoms with Gasteiger partial charge in [-0.1, -0.05) is 31.5 Å². The number of para-hydroxylation sites is 1. The molecule has 2 N–H and O–H groups in total. The predicted molar refractivity (Wildman–Crippen MR) is 119 cm³/mol. The van der Waals surface area contributed by atoms with E-state index in [0.29, 0.717) is 24.3 Å². The molecule has 2 aromatic rings. The van der Waals surface area contributed by atoms with Crippen LogP contribution in [0.4, 0.5) is 11.4 Å². The summed E-state index contributed by atoms with van der Waals surface area (Å²) >= 11 is 0. The third-order valence-electron chi connectivity index (χ3n) is 5.26. The minimum Gasteiger partial charge on any atom is -0.352 e. The number of anilines is 2. The van der Waals surface area contributed by atoms with Crippen LogP contribution in [0.2, 0.25) is 0 Å². The van der Waals surface area contributed by atoms with E-state index in [1.807, 2.05) is 26.0 Å². The molecular weight excluding hydrogens is 378 g/mol. The zero-order valence-electron chi connectivity index (χ0n) is 17.8. The molecule has 0 radical (unpaired) electrons. The van der Waals surface area contributed by atoms with E-state index in [4.69, 9.17) is 0 Å². The first-order chi connectivity index (χ1) is 14.4. The lowest BCUT2D eigenvalue weighted by atomic mass is 10.1. The van der Waals surface area contributed by atoms with Crippen molar-refractivity contribution in [3.05, 3.63) is 59.2 Å². The Balaban J connectivity index is 1.70. The van der Waals surface area contributed by atoms with Crippen molar-refractivity contribution in [2.45, 2.75) is 40.0 Å². The van der Waals surface area contributed by atoms with Crippen LogP contribution in [0.25, 0.3) is 0 Å². The highest BCUT2D eigenvalue weighted by Gasteiger charge is 2.35. The highest BCUT2D eigenvalue weighted by molar-refractivity contribution is 6.07. The molecule has 1 fully saturated rings. The van der Waals surface area contributed by atoms with E-state index in [0.717, 1.165) is 29.7 Å². The van der Waals surface area contributed by atoms with Gasteiger partial charge in [-0.2, -0.15) is 0 Å². The molecule has 0 bridgehead atoms. The first-order valence-electron chi connectivity index (χ1n) is 10.5. The molecule has 1 aliphatic rings. The second-order valence-corrected chi connectivity index (χ2v) is 7.90. The smallest absolute Gasteiger partial charge is 0.253 e. The molecule has 30 heavy (non-hydrogen) atoms. The van der Waals surface area contributed by atoms with Crippen molar-refractivity contribution in [1.29, 1.82) is 0 Å². The van der Waals surface area contributed by atoms with Gasteiger partial charge in [-0.15, -0.1) is 0 Å². The first-order valence-corrected chi connectivity index (χ1v) is 10.5. The average molecular weight is 408 g/mol. The van der Waals surface area contributed by atoms with Gasteiger partial charge in [0.05, 0.1) is 17.2 Å². The Morgan fingerprint density at radius 1 is 1.10 bits per heavy atom. The number of aryl methyl sites for hydroxylation is 2. The van der Waals surface area contributed by atoms with Crippen LogP contribution in [-0.4, -0.2) is 30.8 Å². The van der Waals surface area contributed by atoms with Gasteiger partial charge in [0.2, 0.25) is 11.8 Å². The lowest BCUT2D eigenvalue weighted by Crippen LogP contribution is -2.30. The van der Waals surface area contributed by atoms with Gasteiger partial charge in [-0.05, 0) is 55.7 Å². The molecule has 158 valence electrons. The van der Waals surface area contributed by atoms with Crippen LogP contribution in [0, 0.1) is 19.8 Å². The van der Waals surface area contributed by atoms with Gasteiger partial charge in [0.25, 0.3) is 5.91 Å². The van der Waals surface area contributed by atoms with Crippen LogP contribution < -0.4 is 15.5 Å². The summed E-state index contributed by atoms with van der Waals surface area (Å²) < 4.78 is 0. The number of hydrogen-bond donors (Lipinski definition) is 2. The van der Waals surface area contributed by atoms with Gasteiger partial charge < -0.3 is 15.5 Å². The number of carbonyl (C=O) groups is 3. The number of carbonyl (C=O) groups excluding carboxylic acids is 3. The zero-order valence-corrected chi connectivity index (χ0v) is 17.8. The van der Waals surface area contributed by atoms with Crippen LogP contribution in [-0.2, 0) is 9.59 Å². The molecule has 3 amide bonds. The van der Waals surface area contributed by atoms with Gasteiger partial charge in [-0.3, -0.25) is 14.4 Å². The van der Waals surface area contributed by atoms with E-state index in [9.17, 15) is 14.4 Å². The summed E-state index contributed by atoms with van der Waals surface area (Å²) in [5.41, 5.74) is 3.87. The Kier molecular flexibility index (Phi) is 6.87. The molecule has 3 rings (SSSR count). The Bertz CT molecular complexity index is 934. The molecule has 0 saturated carbocycles. The van der Waals surface area contributed by atoms with Crippen LogP contribution in [0.3, 0.4) is 0 Å². The first kappa shape index (κ1) is 21.6. The van der Waals surface area contributed by atoms with E-state index in [1.54, 1.807) is 29.2 Å². The minimum atomic E-state index is -0.463. The highest BCUT2D eigenvalue weighted by atomic mass is 16.2. The summed E-state index contributed by atoms with van der Waals surface area (Å²) in [6.07, 6.45) is 2.05. The predicted octanol–water partition coefficient (Wildman–Crippen LogP) is 3.82. The molecule has 6 heteroatoms. The number of unbranched alkanes of at least 4 members (excludes halogenated alkanes) is 1. The summed E-state index contributed by atoms with van der Waals surface area (Å²) in [5, 5.41) is 5.74. The maximum atomic E-state index is 12.9. The summed E-state index contributed by atoms with van der Waals surface area (Å²) in [6, 6.07) is 12.9. The van der Waals surface area contributed by atoms with E-state index in [-0.39, 0.29) is 24.1 Å². The van der Waals surface area contributed by atoms with Crippen LogP contribution in [0.5, 0.6) is 0 Å². The molecule has 6 nitrogen and oxygen atoms in total. The fraction of sp³-hybridized carbons (Fsp3) is 0.375. The third kappa shape index (κ3) is 5.06. The largest absolute Gasteiger partial charge is 0.352 e. The molecule has 1 atom stereocenters. The Hall–Kier alpha value is -3.15. The van der Waals surface area contributed by atoms with Crippen molar-refractivity contribution < 1.29 is 14.4 Å². The molecular formula is C24H29N3O3. The second kappa shape index (κ2) is 9.57. The standard InChI is InChI=1S/C24H29N3O3/c1-4-5-10-25-24(30)20-8-6-7-9-21(20)26-23(29)18-14-22(28)27(15-18)19-12-16(2)11-17(3)13-19/h6-9,11-13,18H,4-5,10,14-15H2,1-3H3,(H,25,30)(H,26,29). The van der Waals surface area contributed by atoms with Crippen molar-refractivity contribution >= 4 is 29.1 Å². The van der Waals surface area contributed by atoms with Gasteiger partial charge in [0, 0.05) is 25.2 Å². The van der Waals surface area contributed by atoms with Crippen molar-refractivity contribution in [3.8, 4) is 0 Å². The number of nitrogens with one attached hydrogen (secondary N) is 2. The maximum Gasteiger partial charge on any atom is 0.253 e. The fourth-order valence-corrected chi connectivity index (χ4v) is 3.74. The van der Waals surface area contributed by atoms with Gasteiger partial charge in [0.1, 0.15) is 0 Å². The average Bonchev–Trinajstić information content (AvgIpc) is 3.09. The molecule has 0 spiro atoms. The van der Waals surface area contributed by atoms with Crippen molar-refractivity contribution in [1.82, 2.24) is 5.32 Å². The van der Waals surface area contributed by atoms with E-state index < -0.39 is 5.92 Å². The molecule has 1 heterocycles.